The van der Waals surface area contributed by atoms with Crippen molar-refractivity contribution < 1.29 is 4.39 Å². The largest absolute Gasteiger partial charge is 0.373 e. The van der Waals surface area contributed by atoms with Gasteiger partial charge in [-0.2, -0.15) is 5.26 Å². The van der Waals surface area contributed by atoms with Crippen LogP contribution < -0.4 is 10.6 Å². The molecule has 0 aliphatic heterocycles. The SMILES string of the molecule is Cn1cnc(C(Nc2cc(Cl)c3ncc(C#N)c(Nc4ccc(F)c(Cl)c4)c3c2)c2ccccc2)c1. The number of nitrogens with one attached hydrogen (secondary N) is 2. The third-order valence-electron chi connectivity index (χ3n) is 5.70. The first kappa shape index (κ1) is 23.6. The lowest BCUT2D eigenvalue weighted by Crippen LogP contribution is -2.13. The Hall–Kier alpha value is -4.12. The van der Waals surface area contributed by atoms with Gasteiger partial charge in [0.2, 0.25) is 0 Å². The highest BCUT2D eigenvalue weighted by atomic mass is 35.5. The van der Waals surface area contributed by atoms with Crippen molar-refractivity contribution in [1.29, 1.82) is 5.26 Å². The normalized spacial score (nSPS) is 11.8. The lowest BCUT2D eigenvalue weighted by molar-refractivity contribution is 0.628. The average Bonchev–Trinajstić information content (AvgIpc) is 3.31. The number of imidazole rings is 1. The zero-order valence-corrected chi connectivity index (χ0v) is 20.5. The van der Waals surface area contributed by atoms with Crippen LogP contribution in [0.5, 0.6) is 0 Å². The number of aromatic nitrogens is 3. The van der Waals surface area contributed by atoms with E-state index in [4.69, 9.17) is 23.2 Å². The summed E-state index contributed by atoms with van der Waals surface area (Å²) in [6.07, 6.45) is 5.16. The van der Waals surface area contributed by atoms with Gasteiger partial charge in [-0.25, -0.2) is 9.37 Å². The van der Waals surface area contributed by atoms with Crippen LogP contribution in [0, 0.1) is 17.1 Å². The molecule has 9 heteroatoms. The van der Waals surface area contributed by atoms with E-state index in [0.717, 1.165) is 11.3 Å². The first-order chi connectivity index (χ1) is 17.4. The summed E-state index contributed by atoms with van der Waals surface area (Å²) >= 11 is 12.6. The maximum Gasteiger partial charge on any atom is 0.141 e. The number of nitrogens with zero attached hydrogens (tertiary/aromatic N) is 4. The summed E-state index contributed by atoms with van der Waals surface area (Å²) in [6, 6.07) is 19.8. The molecule has 0 fully saturated rings. The van der Waals surface area contributed by atoms with Crippen LogP contribution in [0.2, 0.25) is 10.0 Å². The minimum atomic E-state index is -0.529. The monoisotopic (exact) mass is 516 g/mol. The molecule has 0 bridgehead atoms. The van der Waals surface area contributed by atoms with Crippen molar-refractivity contribution in [2.24, 2.45) is 7.05 Å². The summed E-state index contributed by atoms with van der Waals surface area (Å²) in [5, 5.41) is 17.5. The molecule has 0 aliphatic rings. The zero-order chi connectivity index (χ0) is 25.2. The van der Waals surface area contributed by atoms with Gasteiger partial charge in [0, 0.05) is 36.2 Å². The fourth-order valence-corrected chi connectivity index (χ4v) is 4.45. The molecule has 2 N–H and O–H groups in total. The molecule has 0 saturated carbocycles. The first-order valence-corrected chi connectivity index (χ1v) is 11.7. The predicted octanol–water partition coefficient (Wildman–Crippen LogP) is 7.23. The smallest absolute Gasteiger partial charge is 0.141 e. The molecule has 0 radical (unpaired) electrons. The van der Waals surface area contributed by atoms with Crippen molar-refractivity contribution in [1.82, 2.24) is 14.5 Å². The molecule has 2 aromatic heterocycles. The lowest BCUT2D eigenvalue weighted by Gasteiger charge is -2.20. The Morgan fingerprint density at radius 1 is 1.00 bits per heavy atom. The van der Waals surface area contributed by atoms with Crippen LogP contribution in [0.4, 0.5) is 21.5 Å². The van der Waals surface area contributed by atoms with Gasteiger partial charge in [0.25, 0.3) is 0 Å². The quantitative estimate of drug-likeness (QED) is 0.249. The van der Waals surface area contributed by atoms with E-state index in [1.165, 1.54) is 18.3 Å². The number of anilines is 3. The minimum absolute atomic E-state index is 0.0293. The number of benzene rings is 3. The standard InChI is InChI=1S/C27H19Cl2FN6/c1-36-14-24(33-15-36)26(16-5-3-2-4-6-16)35-19-9-20-25(34-18-7-8-23(30)21(28)10-18)17(12-31)13-32-27(20)22(29)11-19/h2-11,13-15,26,35H,1H3,(H,32,34). The van der Waals surface area contributed by atoms with E-state index in [9.17, 15) is 9.65 Å². The van der Waals surface area contributed by atoms with Crippen molar-refractivity contribution in [2.75, 3.05) is 10.6 Å². The van der Waals surface area contributed by atoms with E-state index in [1.807, 2.05) is 54.2 Å². The number of pyridine rings is 1. The number of aryl methyl sites for hydroxylation is 1. The fraction of sp³-hybridized carbons (Fsp3) is 0.0741. The van der Waals surface area contributed by atoms with Crippen LogP contribution in [0.25, 0.3) is 10.9 Å². The van der Waals surface area contributed by atoms with Crippen LogP contribution in [0.3, 0.4) is 0 Å². The van der Waals surface area contributed by atoms with Crippen LogP contribution in [0.15, 0.2) is 79.4 Å². The summed E-state index contributed by atoms with van der Waals surface area (Å²) in [7, 11) is 1.92. The van der Waals surface area contributed by atoms with Gasteiger partial charge in [-0.1, -0.05) is 53.5 Å². The summed E-state index contributed by atoms with van der Waals surface area (Å²) < 4.78 is 15.6. The molecular weight excluding hydrogens is 498 g/mol. The predicted molar refractivity (Wildman–Crippen MR) is 141 cm³/mol. The molecule has 0 amide bonds. The second kappa shape index (κ2) is 9.86. The van der Waals surface area contributed by atoms with Crippen molar-refractivity contribution >= 4 is 51.2 Å². The molecule has 1 atom stereocenters. The van der Waals surface area contributed by atoms with Crippen molar-refractivity contribution in [3.63, 3.8) is 0 Å². The molecule has 2 heterocycles. The average molecular weight is 517 g/mol. The summed E-state index contributed by atoms with van der Waals surface area (Å²) in [6.45, 7) is 0. The Balaban J connectivity index is 1.62. The Labute approximate surface area is 217 Å². The summed E-state index contributed by atoms with van der Waals surface area (Å²) in [4.78, 5) is 8.95. The molecule has 3 aromatic carbocycles. The topological polar surface area (TPSA) is 78.6 Å². The number of halogens is 3. The molecule has 0 saturated heterocycles. The summed E-state index contributed by atoms with van der Waals surface area (Å²) in [5.74, 6) is -0.529. The number of nitriles is 1. The Kier molecular flexibility index (Phi) is 6.47. The van der Waals surface area contributed by atoms with Crippen LogP contribution >= 0.6 is 23.2 Å². The van der Waals surface area contributed by atoms with E-state index in [-0.39, 0.29) is 11.1 Å². The van der Waals surface area contributed by atoms with Crippen LogP contribution in [-0.2, 0) is 7.05 Å². The van der Waals surface area contributed by atoms with E-state index in [0.29, 0.717) is 38.6 Å². The molecule has 5 rings (SSSR count). The number of hydrogen-bond donors (Lipinski definition) is 2. The highest BCUT2D eigenvalue weighted by Gasteiger charge is 2.19. The lowest BCUT2D eigenvalue weighted by atomic mass is 10.0. The molecular formula is C27H19Cl2FN6. The first-order valence-electron chi connectivity index (χ1n) is 11.0. The van der Waals surface area contributed by atoms with E-state index in [2.05, 4.69) is 26.7 Å². The Morgan fingerprint density at radius 2 is 1.78 bits per heavy atom. The van der Waals surface area contributed by atoms with Gasteiger partial charge in [-0.05, 0) is 35.9 Å². The second-order valence-corrected chi connectivity index (χ2v) is 9.03. The molecule has 36 heavy (non-hydrogen) atoms. The van der Waals surface area contributed by atoms with Gasteiger partial charge >= 0.3 is 0 Å². The highest BCUT2D eigenvalue weighted by Crippen LogP contribution is 2.37. The van der Waals surface area contributed by atoms with Crippen molar-refractivity contribution in [2.45, 2.75) is 6.04 Å². The Bertz CT molecular complexity index is 1610. The molecule has 0 spiro atoms. The number of rotatable bonds is 6. The number of hydrogen-bond acceptors (Lipinski definition) is 5. The fourth-order valence-electron chi connectivity index (χ4n) is 4.00. The second-order valence-electron chi connectivity index (χ2n) is 8.22. The third-order valence-corrected chi connectivity index (χ3v) is 6.28. The van der Waals surface area contributed by atoms with Crippen molar-refractivity contribution in [3.05, 3.63) is 112 Å². The van der Waals surface area contributed by atoms with E-state index >= 15 is 0 Å². The van der Waals surface area contributed by atoms with Crippen LogP contribution in [0.1, 0.15) is 22.9 Å². The van der Waals surface area contributed by atoms with Gasteiger partial charge in [0.15, 0.2) is 0 Å². The third kappa shape index (κ3) is 4.69. The molecule has 5 aromatic rings. The molecule has 1 unspecified atom stereocenters. The van der Waals surface area contributed by atoms with Gasteiger partial charge in [-0.3, -0.25) is 4.98 Å². The molecule has 6 nitrogen and oxygen atoms in total. The molecule has 0 aliphatic carbocycles. The maximum atomic E-state index is 13.7. The van der Waals surface area contributed by atoms with Gasteiger partial charge in [-0.15, -0.1) is 0 Å². The van der Waals surface area contributed by atoms with E-state index in [1.54, 1.807) is 18.5 Å². The van der Waals surface area contributed by atoms with Crippen molar-refractivity contribution in [3.8, 4) is 6.07 Å². The number of fused-ring (bicyclic) bond motifs is 1. The van der Waals surface area contributed by atoms with Crippen LogP contribution in [-0.4, -0.2) is 14.5 Å². The molecule has 178 valence electrons. The maximum absolute atomic E-state index is 13.7. The Morgan fingerprint density at radius 3 is 2.47 bits per heavy atom. The van der Waals surface area contributed by atoms with Gasteiger partial charge in [0.05, 0.1) is 44.9 Å². The minimum Gasteiger partial charge on any atom is -0.373 e. The van der Waals surface area contributed by atoms with E-state index < -0.39 is 5.82 Å². The van der Waals surface area contributed by atoms with Gasteiger partial charge < -0.3 is 15.2 Å². The summed E-state index contributed by atoms with van der Waals surface area (Å²) in [5.41, 5.74) is 4.41. The van der Waals surface area contributed by atoms with Gasteiger partial charge in [0.1, 0.15) is 11.9 Å². The zero-order valence-electron chi connectivity index (χ0n) is 19.0. The highest BCUT2D eigenvalue weighted by molar-refractivity contribution is 6.36.